The Morgan fingerprint density at radius 1 is 0.852 bits per heavy atom. The molecule has 2 fully saturated rings. The van der Waals surface area contributed by atoms with Gasteiger partial charge in [0.25, 0.3) is 0 Å². The Kier molecular flexibility index (Phi) is 7.97. The van der Waals surface area contributed by atoms with Crippen LogP contribution in [0.15, 0.2) is 24.1 Å². The molecular weight excluding hydrogens is 338 g/mol. The van der Waals surface area contributed by atoms with Gasteiger partial charge in [0.2, 0.25) is 0 Å². The van der Waals surface area contributed by atoms with Crippen LogP contribution in [0.2, 0.25) is 0 Å². The van der Waals surface area contributed by atoms with E-state index in [0.717, 1.165) is 43.4 Å². The number of rotatable bonds is 8. The van der Waals surface area contributed by atoms with Crippen LogP contribution in [0.25, 0.3) is 0 Å². The zero-order valence-corrected chi connectivity index (χ0v) is 17.4. The van der Waals surface area contributed by atoms with E-state index < -0.39 is 11.5 Å². The fourth-order valence-corrected chi connectivity index (χ4v) is 5.81. The fraction of sp³-hybridized carbons (Fsp3) is 0.840. The summed E-state index contributed by atoms with van der Waals surface area (Å²) in [5.41, 5.74) is -1.81. The maximum atomic E-state index is 15.1. The van der Waals surface area contributed by atoms with Gasteiger partial charge in [-0.2, -0.15) is 0 Å². The number of halogens is 2. The predicted octanol–water partition coefficient (Wildman–Crippen LogP) is 8.48. The van der Waals surface area contributed by atoms with Crippen molar-refractivity contribution in [3.63, 3.8) is 0 Å². The van der Waals surface area contributed by atoms with Gasteiger partial charge in [0.05, 0.1) is 0 Å². The van der Waals surface area contributed by atoms with Gasteiger partial charge in [-0.1, -0.05) is 90.0 Å². The molecule has 0 aromatic heterocycles. The Labute approximate surface area is 165 Å². The molecule has 0 spiro atoms. The Hall–Kier alpha value is -0.660. The lowest BCUT2D eigenvalue weighted by atomic mass is 9.70. The summed E-state index contributed by atoms with van der Waals surface area (Å²) in [4.78, 5) is 0. The molecule has 3 rings (SSSR count). The second-order valence-corrected chi connectivity index (χ2v) is 9.64. The second-order valence-electron chi connectivity index (χ2n) is 9.64. The van der Waals surface area contributed by atoms with Crippen LogP contribution in [0.3, 0.4) is 0 Å². The van der Waals surface area contributed by atoms with Gasteiger partial charge in [-0.15, -0.1) is 0 Å². The number of hydrogen-bond donors (Lipinski definition) is 0. The summed E-state index contributed by atoms with van der Waals surface area (Å²) in [6, 6.07) is 0. The van der Waals surface area contributed by atoms with E-state index >= 15 is 4.39 Å². The summed E-state index contributed by atoms with van der Waals surface area (Å²) in [6.07, 6.45) is 23.1. The summed E-state index contributed by atoms with van der Waals surface area (Å²) in [5.74, 6) is 1.98. The maximum Gasteiger partial charge on any atom is 0.182 e. The molecule has 3 aliphatic rings. The van der Waals surface area contributed by atoms with Crippen molar-refractivity contribution < 1.29 is 8.78 Å². The number of hydrogen-bond acceptors (Lipinski definition) is 0. The minimum absolute atomic E-state index is 0.153. The highest BCUT2D eigenvalue weighted by atomic mass is 19.2. The minimum Gasteiger partial charge on any atom is -0.231 e. The van der Waals surface area contributed by atoms with Crippen molar-refractivity contribution in [1.82, 2.24) is 0 Å². The fourth-order valence-electron chi connectivity index (χ4n) is 5.81. The predicted molar refractivity (Wildman–Crippen MR) is 111 cm³/mol. The first kappa shape index (κ1) is 21.1. The third-order valence-electron chi connectivity index (χ3n) is 7.77. The molecule has 0 heterocycles. The van der Waals surface area contributed by atoms with Crippen LogP contribution < -0.4 is 0 Å². The van der Waals surface area contributed by atoms with Gasteiger partial charge >= 0.3 is 0 Å². The Morgan fingerprint density at radius 2 is 1.41 bits per heavy atom. The molecule has 2 heteroatoms. The van der Waals surface area contributed by atoms with Gasteiger partial charge in [0.1, 0.15) is 5.83 Å². The average molecular weight is 379 g/mol. The molecule has 0 saturated heterocycles. The zero-order chi connectivity index (χ0) is 19.1. The third-order valence-corrected chi connectivity index (χ3v) is 7.77. The van der Waals surface area contributed by atoms with Crippen molar-refractivity contribution in [3.8, 4) is 0 Å². The Balaban J connectivity index is 1.33. The van der Waals surface area contributed by atoms with Crippen LogP contribution in [-0.4, -0.2) is 5.67 Å². The number of alkyl halides is 1. The van der Waals surface area contributed by atoms with Gasteiger partial charge in [-0.3, -0.25) is 0 Å². The standard InChI is InChI=1S/C25H40F2/c1-2-3-4-7-20-9-11-21(12-10-20)13-14-22-15-17-23(18-16-22)25(27)19-6-5-8-24(25)26/h6,8,19-23H,2-5,7,9-18H2,1H3. The SMILES string of the molecule is CCCCCC1CCC(CCC2CCC(C3(F)C=CCC=C3F)CC2)CC1. The molecule has 2 saturated carbocycles. The molecule has 0 nitrogen and oxygen atoms in total. The maximum absolute atomic E-state index is 15.1. The lowest BCUT2D eigenvalue weighted by Crippen LogP contribution is -2.36. The molecule has 0 bridgehead atoms. The highest BCUT2D eigenvalue weighted by Crippen LogP contribution is 2.46. The number of allylic oxidation sites excluding steroid dienone is 4. The molecule has 1 atom stereocenters. The molecule has 0 aromatic rings. The second kappa shape index (κ2) is 10.2. The molecule has 1 unspecified atom stereocenters. The van der Waals surface area contributed by atoms with Gasteiger partial charge in [-0.25, -0.2) is 8.78 Å². The molecule has 0 aliphatic heterocycles. The molecular formula is C25H40F2. The van der Waals surface area contributed by atoms with Crippen LogP contribution in [-0.2, 0) is 0 Å². The lowest BCUT2D eigenvalue weighted by Gasteiger charge is -2.37. The van der Waals surface area contributed by atoms with E-state index in [0.29, 0.717) is 6.42 Å². The van der Waals surface area contributed by atoms with Crippen molar-refractivity contribution in [1.29, 1.82) is 0 Å². The van der Waals surface area contributed by atoms with Crippen molar-refractivity contribution in [2.75, 3.05) is 0 Å². The van der Waals surface area contributed by atoms with E-state index in [1.807, 2.05) is 0 Å². The summed E-state index contributed by atoms with van der Waals surface area (Å²) in [6.45, 7) is 2.29. The van der Waals surface area contributed by atoms with Gasteiger partial charge < -0.3 is 0 Å². The molecule has 3 aliphatic carbocycles. The van der Waals surface area contributed by atoms with E-state index in [2.05, 4.69) is 6.92 Å². The first-order chi connectivity index (χ1) is 13.1. The minimum atomic E-state index is -1.81. The molecule has 0 aromatic carbocycles. The van der Waals surface area contributed by atoms with Crippen molar-refractivity contribution in [3.05, 3.63) is 24.1 Å². The van der Waals surface area contributed by atoms with Crippen molar-refractivity contribution in [2.24, 2.45) is 23.7 Å². The zero-order valence-electron chi connectivity index (χ0n) is 17.4. The summed E-state index contributed by atoms with van der Waals surface area (Å²) in [5, 5.41) is 0. The number of unbranched alkanes of at least 4 members (excludes halogenated alkanes) is 2. The van der Waals surface area contributed by atoms with Crippen molar-refractivity contribution in [2.45, 2.75) is 109 Å². The Morgan fingerprint density at radius 3 is 1.96 bits per heavy atom. The van der Waals surface area contributed by atoms with Crippen LogP contribution in [0.4, 0.5) is 8.78 Å². The first-order valence-corrected chi connectivity index (χ1v) is 11.8. The van der Waals surface area contributed by atoms with E-state index in [1.165, 1.54) is 76.4 Å². The normalized spacial score (nSPS) is 37.2. The van der Waals surface area contributed by atoms with Gasteiger partial charge in [-0.05, 0) is 49.2 Å². The van der Waals surface area contributed by atoms with E-state index in [4.69, 9.17) is 0 Å². The molecule has 154 valence electrons. The summed E-state index contributed by atoms with van der Waals surface area (Å²) < 4.78 is 29.1. The van der Waals surface area contributed by atoms with Gasteiger partial charge in [0.15, 0.2) is 5.67 Å². The highest BCUT2D eigenvalue weighted by Gasteiger charge is 2.43. The van der Waals surface area contributed by atoms with E-state index in [1.54, 1.807) is 6.08 Å². The topological polar surface area (TPSA) is 0 Å². The molecule has 27 heavy (non-hydrogen) atoms. The highest BCUT2D eigenvalue weighted by molar-refractivity contribution is 5.27. The van der Waals surface area contributed by atoms with E-state index in [9.17, 15) is 4.39 Å². The Bertz CT molecular complexity index is 492. The molecule has 0 radical (unpaired) electrons. The summed E-state index contributed by atoms with van der Waals surface area (Å²) >= 11 is 0. The van der Waals surface area contributed by atoms with Crippen LogP contribution in [0.5, 0.6) is 0 Å². The molecule has 0 amide bonds. The molecule has 0 N–H and O–H groups in total. The van der Waals surface area contributed by atoms with Crippen LogP contribution in [0, 0.1) is 23.7 Å². The quantitative estimate of drug-likeness (QED) is 0.293. The van der Waals surface area contributed by atoms with Gasteiger partial charge in [0, 0.05) is 5.92 Å². The summed E-state index contributed by atoms with van der Waals surface area (Å²) in [7, 11) is 0. The van der Waals surface area contributed by atoms with Crippen LogP contribution in [0.1, 0.15) is 103 Å². The average Bonchev–Trinajstić information content (AvgIpc) is 2.70. The van der Waals surface area contributed by atoms with Crippen molar-refractivity contribution >= 4 is 0 Å². The van der Waals surface area contributed by atoms with Crippen LogP contribution >= 0.6 is 0 Å². The largest absolute Gasteiger partial charge is 0.231 e. The lowest BCUT2D eigenvalue weighted by molar-refractivity contribution is 0.0938. The monoisotopic (exact) mass is 378 g/mol. The smallest absolute Gasteiger partial charge is 0.182 e. The van der Waals surface area contributed by atoms with E-state index in [-0.39, 0.29) is 5.92 Å². The first-order valence-electron chi connectivity index (χ1n) is 11.8. The third kappa shape index (κ3) is 5.67.